The van der Waals surface area contributed by atoms with Crippen molar-refractivity contribution in [3.63, 3.8) is 0 Å². The van der Waals surface area contributed by atoms with Crippen molar-refractivity contribution in [1.29, 1.82) is 0 Å². The lowest BCUT2D eigenvalue weighted by atomic mass is 9.99. The van der Waals surface area contributed by atoms with Gasteiger partial charge in [-0.15, -0.1) is 0 Å². The first-order valence-electron chi connectivity index (χ1n) is 8.64. The number of carbonyl (C=O) groups is 2. The fourth-order valence-corrected chi connectivity index (χ4v) is 3.03. The van der Waals surface area contributed by atoms with E-state index in [0.717, 1.165) is 5.56 Å². The van der Waals surface area contributed by atoms with Gasteiger partial charge in [0.2, 0.25) is 5.91 Å². The average Bonchev–Trinajstić information content (AvgIpc) is 2.58. The van der Waals surface area contributed by atoms with Crippen molar-refractivity contribution < 1.29 is 14.0 Å². The summed E-state index contributed by atoms with van der Waals surface area (Å²) in [5.74, 6) is -0.956. The van der Waals surface area contributed by atoms with Crippen molar-refractivity contribution in [2.24, 2.45) is 0 Å². The lowest BCUT2D eigenvalue weighted by Crippen LogP contribution is -2.44. The smallest absolute Gasteiger partial charge is 0.319 e. The van der Waals surface area contributed by atoms with Crippen molar-refractivity contribution in [1.82, 2.24) is 10.2 Å². The van der Waals surface area contributed by atoms with Gasteiger partial charge in [-0.2, -0.15) is 0 Å². The Balaban J connectivity index is 2.07. The van der Waals surface area contributed by atoms with Crippen molar-refractivity contribution in [2.75, 3.05) is 24.7 Å². The van der Waals surface area contributed by atoms with Crippen LogP contribution in [0.4, 0.5) is 20.6 Å². The lowest BCUT2D eigenvalue weighted by Gasteiger charge is -2.31. The number of halogens is 1. The van der Waals surface area contributed by atoms with E-state index >= 15 is 0 Å². The summed E-state index contributed by atoms with van der Waals surface area (Å²) in [6, 6.07) is 13.3. The summed E-state index contributed by atoms with van der Waals surface area (Å²) >= 11 is 0. The fourth-order valence-electron chi connectivity index (χ4n) is 3.03. The van der Waals surface area contributed by atoms with E-state index in [0.29, 0.717) is 5.69 Å². The SMILES string of the molecule is CC(=O)Nc1cc(NC(=O)N[C@@H](C)[C@@H](c2ccccc2)N(C)C)ccc1F. The molecule has 0 aliphatic rings. The van der Waals surface area contributed by atoms with E-state index in [4.69, 9.17) is 0 Å². The molecule has 0 heterocycles. The predicted molar refractivity (Wildman–Crippen MR) is 105 cm³/mol. The van der Waals surface area contributed by atoms with Crippen LogP contribution in [0, 0.1) is 5.82 Å². The average molecular weight is 372 g/mol. The second-order valence-electron chi connectivity index (χ2n) is 6.58. The zero-order valence-electron chi connectivity index (χ0n) is 15.9. The molecule has 2 aromatic rings. The maximum atomic E-state index is 13.7. The highest BCUT2D eigenvalue weighted by Crippen LogP contribution is 2.23. The van der Waals surface area contributed by atoms with Crippen LogP contribution in [0.3, 0.4) is 0 Å². The van der Waals surface area contributed by atoms with Crippen LogP contribution in [0.1, 0.15) is 25.5 Å². The maximum absolute atomic E-state index is 13.7. The van der Waals surface area contributed by atoms with Gasteiger partial charge in [-0.3, -0.25) is 4.79 Å². The molecule has 2 aromatic carbocycles. The third-order valence-corrected chi connectivity index (χ3v) is 4.06. The summed E-state index contributed by atoms with van der Waals surface area (Å²) in [5.41, 5.74) is 1.49. The largest absolute Gasteiger partial charge is 0.333 e. The Bertz CT molecular complexity index is 796. The predicted octanol–water partition coefficient (Wildman–Crippen LogP) is 3.60. The number of nitrogens with zero attached hydrogens (tertiary/aromatic N) is 1. The highest BCUT2D eigenvalue weighted by molar-refractivity contribution is 5.92. The first kappa shape index (κ1) is 20.4. The molecule has 0 spiro atoms. The number of amides is 3. The lowest BCUT2D eigenvalue weighted by molar-refractivity contribution is -0.114. The summed E-state index contributed by atoms with van der Waals surface area (Å²) in [7, 11) is 3.90. The van der Waals surface area contributed by atoms with Gasteiger partial charge >= 0.3 is 6.03 Å². The molecule has 144 valence electrons. The topological polar surface area (TPSA) is 73.5 Å². The second kappa shape index (κ2) is 9.14. The third kappa shape index (κ3) is 5.79. The Hall–Kier alpha value is -2.93. The molecular weight excluding hydrogens is 347 g/mol. The number of carbonyl (C=O) groups excluding carboxylic acids is 2. The van der Waals surface area contributed by atoms with Crippen LogP contribution in [-0.2, 0) is 4.79 Å². The zero-order valence-corrected chi connectivity index (χ0v) is 15.9. The van der Waals surface area contributed by atoms with Crippen LogP contribution in [0.2, 0.25) is 0 Å². The number of anilines is 2. The molecule has 7 heteroatoms. The fraction of sp³-hybridized carbons (Fsp3) is 0.300. The second-order valence-corrected chi connectivity index (χ2v) is 6.58. The molecule has 0 saturated carbocycles. The minimum absolute atomic E-state index is 0.0138. The van der Waals surface area contributed by atoms with Gasteiger partial charge in [0.25, 0.3) is 0 Å². The van der Waals surface area contributed by atoms with Gasteiger partial charge < -0.3 is 20.9 Å². The zero-order chi connectivity index (χ0) is 20.0. The summed E-state index contributed by atoms with van der Waals surface area (Å²) < 4.78 is 13.7. The van der Waals surface area contributed by atoms with Gasteiger partial charge in [-0.05, 0) is 44.8 Å². The molecule has 0 fully saturated rings. The highest BCUT2D eigenvalue weighted by Gasteiger charge is 2.23. The molecule has 0 aromatic heterocycles. The molecule has 2 atom stereocenters. The molecule has 0 bridgehead atoms. The molecule has 0 saturated heterocycles. The number of rotatable bonds is 6. The molecule has 0 radical (unpaired) electrons. The van der Waals surface area contributed by atoms with Crippen LogP contribution in [-0.4, -0.2) is 37.0 Å². The van der Waals surface area contributed by atoms with E-state index in [1.807, 2.05) is 56.3 Å². The first-order valence-corrected chi connectivity index (χ1v) is 8.64. The quantitative estimate of drug-likeness (QED) is 0.725. The highest BCUT2D eigenvalue weighted by atomic mass is 19.1. The Morgan fingerprint density at radius 1 is 1.04 bits per heavy atom. The van der Waals surface area contributed by atoms with E-state index in [9.17, 15) is 14.0 Å². The molecule has 0 unspecified atom stereocenters. The molecule has 3 N–H and O–H groups in total. The first-order chi connectivity index (χ1) is 12.8. The third-order valence-electron chi connectivity index (χ3n) is 4.06. The van der Waals surface area contributed by atoms with Crippen LogP contribution in [0.25, 0.3) is 0 Å². The van der Waals surface area contributed by atoms with Crippen LogP contribution in [0.15, 0.2) is 48.5 Å². The molecule has 6 nitrogen and oxygen atoms in total. The monoisotopic (exact) mass is 372 g/mol. The number of benzene rings is 2. The van der Waals surface area contributed by atoms with Crippen LogP contribution < -0.4 is 16.0 Å². The van der Waals surface area contributed by atoms with E-state index < -0.39 is 11.8 Å². The van der Waals surface area contributed by atoms with Gasteiger partial charge in [-0.25, -0.2) is 9.18 Å². The molecule has 27 heavy (non-hydrogen) atoms. The Morgan fingerprint density at radius 2 is 1.70 bits per heavy atom. The van der Waals surface area contributed by atoms with E-state index in [1.54, 1.807) is 0 Å². The van der Waals surface area contributed by atoms with Crippen molar-refractivity contribution in [3.05, 3.63) is 59.9 Å². The Morgan fingerprint density at radius 3 is 2.30 bits per heavy atom. The molecular formula is C20H25FN4O2. The summed E-state index contributed by atoms with van der Waals surface area (Å²) in [5, 5.41) is 7.97. The summed E-state index contributed by atoms with van der Waals surface area (Å²) in [4.78, 5) is 25.5. The molecule has 0 aliphatic heterocycles. The number of likely N-dealkylation sites (N-methyl/N-ethyl adjacent to an activating group) is 1. The number of hydrogen-bond acceptors (Lipinski definition) is 3. The number of nitrogens with one attached hydrogen (secondary N) is 3. The Kier molecular flexibility index (Phi) is 6.90. The van der Waals surface area contributed by atoms with Gasteiger partial charge in [0.15, 0.2) is 0 Å². The minimum atomic E-state index is -0.568. The van der Waals surface area contributed by atoms with Crippen LogP contribution >= 0.6 is 0 Å². The summed E-state index contributed by atoms with van der Waals surface area (Å²) in [6.07, 6.45) is 0. The van der Waals surface area contributed by atoms with Crippen molar-refractivity contribution >= 4 is 23.3 Å². The number of urea groups is 1. The van der Waals surface area contributed by atoms with Crippen molar-refractivity contribution in [2.45, 2.75) is 25.9 Å². The van der Waals surface area contributed by atoms with E-state index in [1.165, 1.54) is 25.1 Å². The minimum Gasteiger partial charge on any atom is -0.333 e. The molecule has 3 amide bonds. The Labute approximate surface area is 158 Å². The molecule has 2 rings (SSSR count). The van der Waals surface area contributed by atoms with Gasteiger partial charge in [0, 0.05) is 18.7 Å². The number of hydrogen-bond donors (Lipinski definition) is 3. The standard InChI is InChI=1S/C20H25FN4O2/c1-13(19(25(3)4)15-8-6-5-7-9-15)22-20(27)24-16-10-11-17(21)18(12-16)23-14(2)26/h5-13,19H,1-4H3,(H,23,26)(H2,22,24,27)/t13-,19-/m0/s1. The maximum Gasteiger partial charge on any atom is 0.319 e. The summed E-state index contributed by atoms with van der Waals surface area (Å²) in [6.45, 7) is 3.21. The van der Waals surface area contributed by atoms with Crippen LogP contribution in [0.5, 0.6) is 0 Å². The van der Waals surface area contributed by atoms with Gasteiger partial charge in [-0.1, -0.05) is 30.3 Å². The van der Waals surface area contributed by atoms with E-state index in [2.05, 4.69) is 16.0 Å². The molecule has 0 aliphatic carbocycles. The normalized spacial score (nSPS) is 13.0. The van der Waals surface area contributed by atoms with Gasteiger partial charge in [0.1, 0.15) is 5.82 Å². The van der Waals surface area contributed by atoms with Gasteiger partial charge in [0.05, 0.1) is 11.7 Å². The van der Waals surface area contributed by atoms with Crippen molar-refractivity contribution in [3.8, 4) is 0 Å². The van der Waals surface area contributed by atoms with E-state index in [-0.39, 0.29) is 23.7 Å².